The molecule has 4 N–H and O–H groups in total. The van der Waals surface area contributed by atoms with Crippen LogP contribution in [-0.2, 0) is 20.7 Å². The van der Waals surface area contributed by atoms with Gasteiger partial charge in [-0.15, -0.1) is 0 Å². The Morgan fingerprint density at radius 2 is 1.91 bits per heavy atom. The maximum absolute atomic E-state index is 12.4. The molecule has 0 spiro atoms. The summed E-state index contributed by atoms with van der Waals surface area (Å²) >= 11 is 10.4. The molecule has 1 aliphatic heterocycles. The van der Waals surface area contributed by atoms with Crippen molar-refractivity contribution in [1.29, 1.82) is 0 Å². The summed E-state index contributed by atoms with van der Waals surface area (Å²) in [5.41, 5.74) is 3.59. The van der Waals surface area contributed by atoms with E-state index in [-0.39, 0.29) is 18.9 Å². The zero-order valence-corrected chi connectivity index (χ0v) is 19.5. The number of carboxylic acid groups (broad SMARTS) is 1. The molecule has 9 nitrogen and oxygen atoms in total. The van der Waals surface area contributed by atoms with Gasteiger partial charge in [0.1, 0.15) is 12.7 Å². The molecule has 1 aliphatic rings. The number of nitrogens with zero attached hydrogens (tertiary/aromatic N) is 1. The predicted molar refractivity (Wildman–Crippen MR) is 122 cm³/mol. The molecule has 1 aromatic heterocycles. The van der Waals surface area contributed by atoms with Crippen LogP contribution >= 0.6 is 24.4 Å². The van der Waals surface area contributed by atoms with Crippen LogP contribution in [0.1, 0.15) is 23.7 Å². The number of benzene rings is 2. The molecule has 33 heavy (non-hydrogen) atoms. The minimum Gasteiger partial charge on any atom is -0.547 e. The number of hydrogen-bond donors (Lipinski definition) is 4. The quantitative estimate of drug-likeness (QED) is 0.264. The summed E-state index contributed by atoms with van der Waals surface area (Å²) in [6, 6.07) is 12.2. The van der Waals surface area contributed by atoms with Gasteiger partial charge in [0, 0.05) is 17.9 Å². The summed E-state index contributed by atoms with van der Waals surface area (Å²) in [5, 5.41) is 23.1. The van der Waals surface area contributed by atoms with Crippen LogP contribution in [0.5, 0.6) is 0 Å². The Morgan fingerprint density at radius 1 is 1.15 bits per heavy atom. The first-order valence-electron chi connectivity index (χ1n) is 9.91. The van der Waals surface area contributed by atoms with Crippen LogP contribution in [0.25, 0.3) is 5.69 Å². The summed E-state index contributed by atoms with van der Waals surface area (Å²) in [6.45, 7) is 0.429. The number of fused-ring (bicyclic) bond motifs is 1. The predicted octanol–water partition coefficient (Wildman–Crippen LogP) is -0.599. The number of carboxylic acids is 1. The topological polar surface area (TPSA) is 127 Å². The number of hydrogen-bond acceptors (Lipinski definition) is 7. The second-order valence-electron chi connectivity index (χ2n) is 7.25. The van der Waals surface area contributed by atoms with Crippen molar-refractivity contribution in [2.24, 2.45) is 0 Å². The monoisotopic (exact) mass is 477 g/mol. The molecule has 1 amide bonds. The van der Waals surface area contributed by atoms with Crippen LogP contribution in [0.3, 0.4) is 0 Å². The van der Waals surface area contributed by atoms with Gasteiger partial charge in [-0.05, 0) is 72.7 Å². The van der Waals surface area contributed by atoms with E-state index in [0.29, 0.717) is 26.5 Å². The van der Waals surface area contributed by atoms with Gasteiger partial charge in [0.2, 0.25) is 5.91 Å². The molecule has 0 aliphatic carbocycles. The summed E-state index contributed by atoms with van der Waals surface area (Å²) in [4.78, 5) is 24.1. The van der Waals surface area contributed by atoms with Crippen molar-refractivity contribution in [3.63, 3.8) is 0 Å². The van der Waals surface area contributed by atoms with Crippen LogP contribution in [0.2, 0.25) is 0 Å². The van der Waals surface area contributed by atoms with Gasteiger partial charge in [0.25, 0.3) is 0 Å². The van der Waals surface area contributed by atoms with Crippen molar-refractivity contribution in [2.45, 2.75) is 18.9 Å². The largest absolute Gasteiger partial charge is 1.00 e. The number of nitrogens with one attached hydrogen (secondary N) is 4. The van der Waals surface area contributed by atoms with Gasteiger partial charge in [0.15, 0.2) is 9.54 Å². The molecule has 12 heteroatoms. The van der Waals surface area contributed by atoms with E-state index in [1.54, 1.807) is 41.0 Å². The summed E-state index contributed by atoms with van der Waals surface area (Å²) in [5.74, 6) is -1.91. The van der Waals surface area contributed by atoms with Crippen LogP contribution in [0.15, 0.2) is 42.5 Å². The molecule has 0 saturated carbocycles. The number of aromatic nitrogens is 3. The average Bonchev–Trinajstić information content (AvgIpc) is 3.11. The van der Waals surface area contributed by atoms with E-state index < -0.39 is 24.6 Å². The van der Waals surface area contributed by atoms with E-state index >= 15 is 0 Å². The number of aryl methyl sites for hydroxylation is 1. The van der Waals surface area contributed by atoms with Crippen molar-refractivity contribution in [1.82, 2.24) is 14.8 Å². The maximum atomic E-state index is 12.4. The van der Waals surface area contributed by atoms with Crippen LogP contribution in [-0.4, -0.2) is 39.8 Å². The van der Waals surface area contributed by atoms with Crippen molar-refractivity contribution in [2.75, 3.05) is 23.8 Å². The van der Waals surface area contributed by atoms with Crippen LogP contribution in [0, 0.1) is 9.54 Å². The first-order chi connectivity index (χ1) is 15.4. The SMILES string of the molecule is O=C(COC(C(=O)[O-])c1ccc2c(c1)CCCN2)Nc1cccc(-n2c(=S)[nH][nH]c2=S)c1.[Li+]. The number of carbonyl (C=O) groups is 2. The van der Waals surface area contributed by atoms with Gasteiger partial charge >= 0.3 is 18.9 Å². The fourth-order valence-electron chi connectivity index (χ4n) is 3.58. The first-order valence-corrected chi connectivity index (χ1v) is 10.7. The number of aromatic amines is 2. The Morgan fingerprint density at radius 3 is 2.64 bits per heavy atom. The molecule has 1 unspecified atom stereocenters. The minimum absolute atomic E-state index is 0. The van der Waals surface area contributed by atoms with Crippen molar-refractivity contribution < 1.29 is 38.3 Å². The Labute approximate surface area is 211 Å². The number of carbonyl (C=O) groups excluding carboxylic acids is 2. The molecular weight excluding hydrogens is 457 g/mol. The van der Waals surface area contributed by atoms with Crippen LogP contribution in [0.4, 0.5) is 11.4 Å². The normalized spacial score (nSPS) is 13.2. The Kier molecular flexibility index (Phi) is 8.29. The number of ether oxygens (including phenoxy) is 1. The maximum Gasteiger partial charge on any atom is 1.00 e. The van der Waals surface area contributed by atoms with Gasteiger partial charge in [-0.2, -0.15) is 0 Å². The van der Waals surface area contributed by atoms with Gasteiger partial charge < -0.3 is 25.3 Å². The molecule has 0 bridgehead atoms. The standard InChI is InChI=1S/C21H21N5O4S2.Li/c27-17(23-14-4-1-5-15(10-14)26-20(31)24-25-21(26)32)11-30-18(19(28)29)13-6-7-16-12(9-13)3-2-8-22-16;/h1,4-7,9-10,18,22H,2-3,8,11H2,(H,23,27)(H,24,31)(H,25,32)(H,28,29);/q;+1/p-1. The van der Waals surface area contributed by atoms with Crippen molar-refractivity contribution in [3.05, 3.63) is 63.1 Å². The molecule has 0 saturated heterocycles. The Hall–Kier alpha value is -2.68. The number of aliphatic carboxylic acids is 1. The fourth-order valence-corrected chi connectivity index (χ4v) is 4.14. The van der Waals surface area contributed by atoms with Crippen LogP contribution < -0.4 is 34.6 Å². The molecule has 2 aromatic carbocycles. The summed E-state index contributed by atoms with van der Waals surface area (Å²) in [6.07, 6.45) is 0.464. The third-order valence-corrected chi connectivity index (χ3v) is 5.61. The van der Waals surface area contributed by atoms with E-state index in [1.807, 2.05) is 6.07 Å². The van der Waals surface area contributed by atoms with Crippen molar-refractivity contribution >= 4 is 47.7 Å². The van der Waals surface area contributed by atoms with E-state index in [0.717, 1.165) is 30.6 Å². The number of anilines is 2. The summed E-state index contributed by atoms with van der Waals surface area (Å²) in [7, 11) is 0. The molecule has 3 aromatic rings. The fraction of sp³-hybridized carbons (Fsp3) is 0.238. The molecule has 166 valence electrons. The molecule has 0 fully saturated rings. The number of H-pyrrole nitrogens is 2. The van der Waals surface area contributed by atoms with Gasteiger partial charge in [0.05, 0.1) is 11.7 Å². The zero-order chi connectivity index (χ0) is 22.7. The minimum atomic E-state index is -1.40. The third-order valence-electron chi connectivity index (χ3n) is 5.04. The molecule has 1 atom stereocenters. The van der Waals surface area contributed by atoms with E-state index in [9.17, 15) is 14.7 Å². The second-order valence-corrected chi connectivity index (χ2v) is 8.02. The van der Waals surface area contributed by atoms with Gasteiger partial charge in [-0.3, -0.25) is 19.6 Å². The Balaban J connectivity index is 0.00000306. The smallest absolute Gasteiger partial charge is 0.547 e. The molecule has 4 rings (SSSR count). The zero-order valence-electron chi connectivity index (χ0n) is 17.8. The summed E-state index contributed by atoms with van der Waals surface area (Å²) < 4.78 is 7.79. The number of rotatable bonds is 7. The average molecular weight is 477 g/mol. The third kappa shape index (κ3) is 5.82. The van der Waals surface area contributed by atoms with E-state index in [1.165, 1.54) is 0 Å². The molecule has 0 radical (unpaired) electrons. The molecular formula is C21H20LiN5O4S2. The number of amides is 1. The van der Waals surface area contributed by atoms with Gasteiger partial charge in [-0.1, -0.05) is 18.2 Å². The van der Waals surface area contributed by atoms with E-state index in [4.69, 9.17) is 29.2 Å². The van der Waals surface area contributed by atoms with Gasteiger partial charge in [-0.25, -0.2) is 0 Å². The second kappa shape index (κ2) is 11.0. The van der Waals surface area contributed by atoms with Crippen molar-refractivity contribution in [3.8, 4) is 5.69 Å². The first kappa shape index (κ1) is 24.9. The molecule has 2 heterocycles. The Bertz CT molecular complexity index is 1260. The van der Waals surface area contributed by atoms with E-state index in [2.05, 4.69) is 20.8 Å².